The molecule has 0 radical (unpaired) electrons. The van der Waals surface area contributed by atoms with Crippen molar-refractivity contribution in [3.63, 3.8) is 0 Å². The average Bonchev–Trinajstić information content (AvgIpc) is 3.07. The van der Waals surface area contributed by atoms with Crippen molar-refractivity contribution in [3.05, 3.63) is 0 Å². The van der Waals surface area contributed by atoms with E-state index < -0.39 is 32.5 Å². The van der Waals surface area contributed by atoms with Crippen LogP contribution in [-0.4, -0.2) is 23.4 Å². The fraction of sp³-hybridized carbons (Fsp3) is 0.818. The first-order valence-corrected chi connectivity index (χ1v) is 10.4. The van der Waals surface area contributed by atoms with E-state index in [1.807, 2.05) is 41.5 Å². The average molecular weight is 389 g/mol. The number of rotatable bonds is 2. The molecule has 4 unspecified atom stereocenters. The van der Waals surface area contributed by atoms with Gasteiger partial charge in [-0.05, 0) is 36.5 Å². The molecule has 6 nitrogen and oxygen atoms in total. The molecule has 0 aromatic heterocycles. The Morgan fingerprint density at radius 3 is 1.18 bits per heavy atom. The van der Waals surface area contributed by atoms with Crippen molar-refractivity contribution >= 4 is 23.4 Å². The van der Waals surface area contributed by atoms with E-state index >= 15 is 0 Å². The number of Topliss-reactive ketones (excluding diaryl/α,β-unsaturated/α-hetero) is 2. The zero-order valence-electron chi connectivity index (χ0n) is 17.9. The van der Waals surface area contributed by atoms with Crippen molar-refractivity contribution in [3.8, 4) is 0 Å². The van der Waals surface area contributed by atoms with Crippen molar-refractivity contribution in [2.45, 2.75) is 80.1 Å². The third-order valence-electron chi connectivity index (χ3n) is 10.6. The summed E-state index contributed by atoms with van der Waals surface area (Å²) < 4.78 is 0. The molecule has 4 saturated carbocycles. The second-order valence-corrected chi connectivity index (χ2v) is 11.2. The highest BCUT2D eigenvalue weighted by Crippen LogP contribution is 2.71. The van der Waals surface area contributed by atoms with Gasteiger partial charge >= 0.3 is 0 Å². The van der Waals surface area contributed by atoms with Crippen LogP contribution >= 0.6 is 0 Å². The summed E-state index contributed by atoms with van der Waals surface area (Å²) in [5.41, 5.74) is 1.85. The minimum atomic E-state index is -0.783. The summed E-state index contributed by atoms with van der Waals surface area (Å²) in [6, 6.07) is 0. The summed E-state index contributed by atoms with van der Waals surface area (Å²) in [6.45, 7) is 11.9. The molecule has 6 heteroatoms. The van der Waals surface area contributed by atoms with Crippen LogP contribution in [0.5, 0.6) is 0 Å². The maximum absolute atomic E-state index is 13.2. The van der Waals surface area contributed by atoms with Gasteiger partial charge in [0.25, 0.3) is 0 Å². The van der Waals surface area contributed by atoms with Gasteiger partial charge in [-0.3, -0.25) is 30.0 Å². The normalized spacial score (nSPS) is 44.8. The largest absolute Gasteiger partial charge is 0.299 e. The first-order chi connectivity index (χ1) is 12.7. The molecule has 0 aromatic carbocycles. The first kappa shape index (κ1) is 19.6. The van der Waals surface area contributed by atoms with Crippen LogP contribution in [0.25, 0.3) is 0 Å². The summed E-state index contributed by atoms with van der Waals surface area (Å²) in [7, 11) is 0. The van der Waals surface area contributed by atoms with E-state index in [1.165, 1.54) is 0 Å². The summed E-state index contributed by atoms with van der Waals surface area (Å²) >= 11 is 0. The SMILES string of the molecule is CC12CCC(C(=O)NNC(=O)C34CCC(C)(C(=O)C3)C4(C)C)(CC1=O)C2(C)C. The van der Waals surface area contributed by atoms with E-state index in [-0.39, 0.29) is 36.2 Å². The second kappa shape index (κ2) is 5.06. The number of nitrogens with one attached hydrogen (secondary N) is 2. The molecule has 4 aliphatic rings. The predicted molar refractivity (Wildman–Crippen MR) is 103 cm³/mol. The first-order valence-electron chi connectivity index (χ1n) is 10.4. The third-order valence-corrected chi connectivity index (χ3v) is 10.6. The van der Waals surface area contributed by atoms with Gasteiger partial charge in [0.15, 0.2) is 0 Å². The highest BCUT2D eigenvalue weighted by atomic mass is 16.2. The highest BCUT2D eigenvalue weighted by Gasteiger charge is 2.74. The van der Waals surface area contributed by atoms with Crippen LogP contribution in [0.15, 0.2) is 0 Å². The minimum absolute atomic E-state index is 0.137. The Balaban J connectivity index is 1.54. The van der Waals surface area contributed by atoms with Crippen LogP contribution < -0.4 is 10.9 Å². The lowest BCUT2D eigenvalue weighted by Crippen LogP contribution is -2.56. The molecule has 0 spiro atoms. The molecule has 2 N–H and O–H groups in total. The summed E-state index contributed by atoms with van der Waals surface area (Å²) in [4.78, 5) is 51.6. The number of fused-ring (bicyclic) bond motifs is 4. The zero-order chi connectivity index (χ0) is 21.0. The van der Waals surface area contributed by atoms with E-state index in [9.17, 15) is 19.2 Å². The van der Waals surface area contributed by atoms with E-state index in [0.29, 0.717) is 25.7 Å². The number of hydrazine groups is 1. The van der Waals surface area contributed by atoms with Crippen molar-refractivity contribution in [1.29, 1.82) is 0 Å². The molecule has 154 valence electrons. The number of hydrogen-bond donors (Lipinski definition) is 2. The fourth-order valence-corrected chi connectivity index (χ4v) is 7.07. The van der Waals surface area contributed by atoms with E-state index in [2.05, 4.69) is 10.9 Å². The number of ketones is 2. The Kier molecular flexibility index (Phi) is 3.54. The zero-order valence-corrected chi connectivity index (χ0v) is 17.9. The molecule has 4 bridgehead atoms. The van der Waals surface area contributed by atoms with Gasteiger partial charge in [-0.15, -0.1) is 0 Å². The number of hydrogen-bond acceptors (Lipinski definition) is 4. The minimum Gasteiger partial charge on any atom is -0.299 e. The van der Waals surface area contributed by atoms with Crippen molar-refractivity contribution in [2.24, 2.45) is 32.5 Å². The second-order valence-electron chi connectivity index (χ2n) is 11.2. The van der Waals surface area contributed by atoms with Crippen LogP contribution in [0.4, 0.5) is 0 Å². The molecule has 0 saturated heterocycles. The third kappa shape index (κ3) is 1.73. The molecule has 0 heterocycles. The lowest BCUT2D eigenvalue weighted by molar-refractivity contribution is -0.145. The quantitative estimate of drug-likeness (QED) is 0.712. The monoisotopic (exact) mass is 388 g/mol. The van der Waals surface area contributed by atoms with E-state index in [1.54, 1.807) is 0 Å². The molecule has 4 fully saturated rings. The molecule has 4 aliphatic carbocycles. The molecule has 4 atom stereocenters. The van der Waals surface area contributed by atoms with Crippen LogP contribution in [-0.2, 0) is 19.2 Å². The van der Waals surface area contributed by atoms with Crippen molar-refractivity contribution in [1.82, 2.24) is 10.9 Å². The molecule has 4 rings (SSSR count). The molecular formula is C22H32N2O4. The Labute approximate surface area is 166 Å². The topological polar surface area (TPSA) is 92.3 Å². The van der Waals surface area contributed by atoms with Gasteiger partial charge < -0.3 is 0 Å². The summed E-state index contributed by atoms with van der Waals surface area (Å²) in [6.07, 6.45) is 3.15. The fourth-order valence-electron chi connectivity index (χ4n) is 7.07. The number of carbonyl (C=O) groups is 4. The molecule has 0 aromatic rings. The molecule has 28 heavy (non-hydrogen) atoms. The van der Waals surface area contributed by atoms with Crippen LogP contribution in [0.2, 0.25) is 0 Å². The van der Waals surface area contributed by atoms with E-state index in [4.69, 9.17) is 0 Å². The van der Waals surface area contributed by atoms with Crippen LogP contribution in [0.3, 0.4) is 0 Å². The number of amides is 2. The summed E-state index contributed by atoms with van der Waals surface area (Å²) in [5.74, 6) is -0.282. The van der Waals surface area contributed by atoms with Crippen LogP contribution in [0, 0.1) is 32.5 Å². The molecular weight excluding hydrogens is 356 g/mol. The Morgan fingerprint density at radius 1 is 0.643 bits per heavy atom. The standard InChI is InChI=1S/C22H32N2O4/c1-17(2)19(5)7-9-21(17,11-13(19)25)15(27)23-24-16(28)22-10-8-20(6,14(26)12-22)18(22,3)4/h7-12H2,1-6H3,(H,23,27)(H,24,28). The Hall–Kier alpha value is -1.72. The molecule has 0 aliphatic heterocycles. The Bertz CT molecular complexity index is 762. The number of carbonyl (C=O) groups excluding carboxylic acids is 4. The maximum Gasteiger partial charge on any atom is 0.245 e. The smallest absolute Gasteiger partial charge is 0.245 e. The van der Waals surface area contributed by atoms with Gasteiger partial charge in [0, 0.05) is 23.7 Å². The van der Waals surface area contributed by atoms with Crippen molar-refractivity contribution in [2.75, 3.05) is 0 Å². The van der Waals surface area contributed by atoms with Gasteiger partial charge in [0.1, 0.15) is 11.6 Å². The Morgan fingerprint density at radius 2 is 0.964 bits per heavy atom. The van der Waals surface area contributed by atoms with Gasteiger partial charge in [-0.1, -0.05) is 41.5 Å². The van der Waals surface area contributed by atoms with Gasteiger partial charge in [0.05, 0.1) is 10.8 Å². The van der Waals surface area contributed by atoms with E-state index in [0.717, 1.165) is 0 Å². The summed E-state index contributed by atoms with van der Waals surface area (Å²) in [5, 5.41) is 0. The highest BCUT2D eigenvalue weighted by molar-refractivity contribution is 6.02. The van der Waals surface area contributed by atoms with Crippen molar-refractivity contribution < 1.29 is 19.2 Å². The maximum atomic E-state index is 13.2. The van der Waals surface area contributed by atoms with Gasteiger partial charge in [-0.2, -0.15) is 0 Å². The lowest BCUT2D eigenvalue weighted by atomic mass is 9.64. The lowest BCUT2D eigenvalue weighted by Gasteiger charge is -2.40. The van der Waals surface area contributed by atoms with Gasteiger partial charge in [-0.25, -0.2) is 0 Å². The van der Waals surface area contributed by atoms with Gasteiger partial charge in [0.2, 0.25) is 11.8 Å². The predicted octanol–water partition coefficient (Wildman–Crippen LogP) is 2.70. The van der Waals surface area contributed by atoms with Crippen LogP contribution in [0.1, 0.15) is 80.1 Å². The molecule has 2 amide bonds.